The van der Waals surface area contributed by atoms with Crippen molar-refractivity contribution < 1.29 is 14.3 Å². The number of rotatable bonds is 8. The first-order valence-corrected chi connectivity index (χ1v) is 8.38. The average molecular weight is 318 g/mol. The predicted octanol–water partition coefficient (Wildman–Crippen LogP) is 2.36. The summed E-state index contributed by atoms with van der Waals surface area (Å²) in [6.45, 7) is 3.05. The predicted molar refractivity (Wildman–Crippen MR) is 89.2 cm³/mol. The Hall–Kier alpha value is -2.04. The van der Waals surface area contributed by atoms with Gasteiger partial charge in [0.25, 0.3) is 0 Å². The van der Waals surface area contributed by atoms with Crippen molar-refractivity contribution in [3.05, 3.63) is 30.3 Å². The van der Waals surface area contributed by atoms with Gasteiger partial charge in [-0.05, 0) is 25.0 Å². The fraction of sp³-hybridized carbons (Fsp3) is 0.556. The monoisotopic (exact) mass is 318 g/mol. The molecule has 0 aromatic heterocycles. The molecule has 0 radical (unpaired) electrons. The first-order valence-electron chi connectivity index (χ1n) is 8.38. The molecule has 0 heterocycles. The standard InChI is InChI=1S/C18H26N2O3/c1-15(21)20(16-7-5-6-8-16)13-12-19-18(22)11-14-23-17-9-3-2-4-10-17/h2-4,9-10,16H,5-8,11-14H2,1H3,(H,19,22). The molecule has 1 aliphatic rings. The Labute approximate surface area is 138 Å². The Morgan fingerprint density at radius 1 is 1.22 bits per heavy atom. The largest absolute Gasteiger partial charge is 0.493 e. The number of amides is 2. The van der Waals surface area contributed by atoms with Crippen molar-refractivity contribution in [1.29, 1.82) is 0 Å². The van der Waals surface area contributed by atoms with Gasteiger partial charge in [0.15, 0.2) is 0 Å². The van der Waals surface area contributed by atoms with Crippen LogP contribution in [0.2, 0.25) is 0 Å². The molecule has 2 amide bonds. The van der Waals surface area contributed by atoms with Crippen LogP contribution in [0.5, 0.6) is 5.75 Å². The van der Waals surface area contributed by atoms with Crippen molar-refractivity contribution in [2.75, 3.05) is 19.7 Å². The van der Waals surface area contributed by atoms with E-state index in [0.29, 0.717) is 32.2 Å². The molecule has 0 spiro atoms. The third-order valence-electron chi connectivity index (χ3n) is 4.19. The quantitative estimate of drug-likeness (QED) is 0.800. The van der Waals surface area contributed by atoms with Crippen LogP contribution in [0, 0.1) is 0 Å². The Morgan fingerprint density at radius 2 is 1.91 bits per heavy atom. The van der Waals surface area contributed by atoms with Gasteiger partial charge in [0, 0.05) is 26.1 Å². The summed E-state index contributed by atoms with van der Waals surface area (Å²) in [5.74, 6) is 0.818. The highest BCUT2D eigenvalue weighted by atomic mass is 16.5. The molecule has 1 saturated carbocycles. The second kappa shape index (κ2) is 9.18. The molecule has 1 aliphatic carbocycles. The molecule has 1 aromatic carbocycles. The van der Waals surface area contributed by atoms with Crippen LogP contribution in [-0.4, -0.2) is 42.5 Å². The van der Waals surface area contributed by atoms with Gasteiger partial charge >= 0.3 is 0 Å². The summed E-state index contributed by atoms with van der Waals surface area (Å²) in [4.78, 5) is 25.4. The van der Waals surface area contributed by atoms with Crippen LogP contribution in [0.3, 0.4) is 0 Å². The second-order valence-electron chi connectivity index (χ2n) is 5.91. The third-order valence-corrected chi connectivity index (χ3v) is 4.19. The smallest absolute Gasteiger partial charge is 0.223 e. The molecular formula is C18H26N2O3. The number of hydrogen-bond acceptors (Lipinski definition) is 3. The lowest BCUT2D eigenvalue weighted by atomic mass is 10.2. The number of nitrogens with one attached hydrogen (secondary N) is 1. The van der Waals surface area contributed by atoms with E-state index in [4.69, 9.17) is 4.74 Å². The van der Waals surface area contributed by atoms with E-state index >= 15 is 0 Å². The molecule has 2 rings (SSSR count). The number of ether oxygens (including phenoxy) is 1. The lowest BCUT2D eigenvalue weighted by Crippen LogP contribution is -2.42. The van der Waals surface area contributed by atoms with Crippen LogP contribution in [-0.2, 0) is 9.59 Å². The van der Waals surface area contributed by atoms with Crippen LogP contribution in [0.25, 0.3) is 0 Å². The summed E-state index contributed by atoms with van der Waals surface area (Å²) in [5, 5.41) is 2.86. The number of carbonyl (C=O) groups excluding carboxylic acids is 2. The molecule has 0 atom stereocenters. The van der Waals surface area contributed by atoms with Crippen LogP contribution in [0.4, 0.5) is 0 Å². The van der Waals surface area contributed by atoms with Crippen LogP contribution < -0.4 is 10.1 Å². The summed E-state index contributed by atoms with van der Waals surface area (Å²) in [6, 6.07) is 9.80. The van der Waals surface area contributed by atoms with Crippen molar-refractivity contribution in [2.24, 2.45) is 0 Å². The van der Waals surface area contributed by atoms with Gasteiger partial charge in [-0.25, -0.2) is 0 Å². The average Bonchev–Trinajstić information content (AvgIpc) is 3.06. The molecule has 1 N–H and O–H groups in total. The van der Waals surface area contributed by atoms with E-state index in [1.807, 2.05) is 35.2 Å². The van der Waals surface area contributed by atoms with Gasteiger partial charge in [0.2, 0.25) is 11.8 Å². The lowest BCUT2D eigenvalue weighted by Gasteiger charge is -2.27. The van der Waals surface area contributed by atoms with E-state index in [1.54, 1.807) is 6.92 Å². The molecule has 1 aromatic rings. The van der Waals surface area contributed by atoms with E-state index in [-0.39, 0.29) is 11.8 Å². The highest BCUT2D eigenvalue weighted by molar-refractivity contribution is 5.76. The number of nitrogens with zero attached hydrogens (tertiary/aromatic N) is 1. The topological polar surface area (TPSA) is 58.6 Å². The van der Waals surface area contributed by atoms with E-state index in [9.17, 15) is 9.59 Å². The summed E-state index contributed by atoms with van der Waals surface area (Å²) in [6.07, 6.45) is 4.87. The van der Waals surface area contributed by atoms with Crippen molar-refractivity contribution in [2.45, 2.75) is 45.1 Å². The lowest BCUT2D eigenvalue weighted by molar-refractivity contribution is -0.131. The Bertz CT molecular complexity index is 498. The van der Waals surface area contributed by atoms with Crippen molar-refractivity contribution >= 4 is 11.8 Å². The fourth-order valence-corrected chi connectivity index (χ4v) is 3.00. The summed E-state index contributed by atoms with van der Waals surface area (Å²) < 4.78 is 5.50. The second-order valence-corrected chi connectivity index (χ2v) is 5.91. The van der Waals surface area contributed by atoms with Gasteiger partial charge in [0.05, 0.1) is 13.0 Å². The molecule has 0 aliphatic heterocycles. The molecule has 126 valence electrons. The molecule has 5 nitrogen and oxygen atoms in total. The van der Waals surface area contributed by atoms with E-state index < -0.39 is 0 Å². The van der Waals surface area contributed by atoms with Crippen LogP contribution in [0.1, 0.15) is 39.0 Å². The van der Waals surface area contributed by atoms with E-state index in [1.165, 1.54) is 12.8 Å². The Balaban J connectivity index is 1.62. The maximum Gasteiger partial charge on any atom is 0.223 e. The molecule has 0 bridgehead atoms. The maximum atomic E-state index is 11.8. The number of hydrogen-bond donors (Lipinski definition) is 1. The maximum absolute atomic E-state index is 11.8. The van der Waals surface area contributed by atoms with Crippen molar-refractivity contribution in [3.63, 3.8) is 0 Å². The van der Waals surface area contributed by atoms with Gasteiger partial charge in [-0.2, -0.15) is 0 Å². The first-order chi connectivity index (χ1) is 11.2. The molecule has 23 heavy (non-hydrogen) atoms. The molecule has 1 fully saturated rings. The summed E-state index contributed by atoms with van der Waals surface area (Å²) in [7, 11) is 0. The minimum absolute atomic E-state index is 0.0455. The van der Waals surface area contributed by atoms with E-state index in [0.717, 1.165) is 18.6 Å². The molecule has 0 unspecified atom stereocenters. The highest BCUT2D eigenvalue weighted by Gasteiger charge is 2.24. The zero-order valence-corrected chi connectivity index (χ0v) is 13.8. The van der Waals surface area contributed by atoms with E-state index in [2.05, 4.69) is 5.32 Å². The fourth-order valence-electron chi connectivity index (χ4n) is 3.00. The van der Waals surface area contributed by atoms with Gasteiger partial charge in [-0.3, -0.25) is 9.59 Å². The zero-order chi connectivity index (χ0) is 16.5. The third kappa shape index (κ3) is 5.93. The van der Waals surface area contributed by atoms with Crippen molar-refractivity contribution in [1.82, 2.24) is 10.2 Å². The van der Waals surface area contributed by atoms with Crippen LogP contribution >= 0.6 is 0 Å². The number of carbonyl (C=O) groups is 2. The molecule has 5 heteroatoms. The highest BCUT2D eigenvalue weighted by Crippen LogP contribution is 2.23. The Kier molecular flexibility index (Phi) is 6.91. The SMILES string of the molecule is CC(=O)N(CCNC(=O)CCOc1ccccc1)C1CCCC1. The summed E-state index contributed by atoms with van der Waals surface area (Å²) >= 11 is 0. The molecular weight excluding hydrogens is 292 g/mol. The van der Waals surface area contributed by atoms with Crippen molar-refractivity contribution in [3.8, 4) is 5.75 Å². The van der Waals surface area contributed by atoms with Gasteiger partial charge < -0.3 is 15.0 Å². The minimum atomic E-state index is -0.0455. The van der Waals surface area contributed by atoms with Gasteiger partial charge in [0.1, 0.15) is 5.75 Å². The summed E-state index contributed by atoms with van der Waals surface area (Å²) in [5.41, 5.74) is 0. The van der Waals surface area contributed by atoms with Gasteiger partial charge in [-0.1, -0.05) is 31.0 Å². The van der Waals surface area contributed by atoms with Gasteiger partial charge in [-0.15, -0.1) is 0 Å². The first kappa shape index (κ1) is 17.3. The van der Waals surface area contributed by atoms with Crippen LogP contribution in [0.15, 0.2) is 30.3 Å². The number of benzene rings is 1. The number of para-hydroxylation sites is 1. The zero-order valence-electron chi connectivity index (χ0n) is 13.8. The minimum Gasteiger partial charge on any atom is -0.493 e. The normalized spacial score (nSPS) is 14.5. The Morgan fingerprint density at radius 3 is 2.57 bits per heavy atom. The molecule has 0 saturated heterocycles.